The van der Waals surface area contributed by atoms with Gasteiger partial charge in [0.1, 0.15) is 4.99 Å². The van der Waals surface area contributed by atoms with Crippen LogP contribution in [0.4, 0.5) is 5.69 Å². The highest BCUT2D eigenvalue weighted by Gasteiger charge is 2.15. The van der Waals surface area contributed by atoms with Crippen LogP contribution in [0.2, 0.25) is 5.02 Å². The van der Waals surface area contributed by atoms with Crippen molar-refractivity contribution in [2.75, 3.05) is 38.7 Å². The van der Waals surface area contributed by atoms with E-state index in [-0.39, 0.29) is 0 Å². The van der Waals surface area contributed by atoms with Crippen LogP contribution in [0.1, 0.15) is 5.56 Å². The lowest BCUT2D eigenvalue weighted by Crippen LogP contribution is -2.47. The third-order valence-electron chi connectivity index (χ3n) is 3.03. The van der Waals surface area contributed by atoms with Crippen molar-refractivity contribution in [2.24, 2.45) is 5.73 Å². The van der Waals surface area contributed by atoms with Gasteiger partial charge in [-0.15, -0.1) is 0 Å². The van der Waals surface area contributed by atoms with Gasteiger partial charge in [-0.05, 0) is 25.2 Å². The molecule has 2 rings (SSSR count). The summed E-state index contributed by atoms with van der Waals surface area (Å²) in [5.41, 5.74) is 10.8. The Balaban J connectivity index is 2.12. The van der Waals surface area contributed by atoms with Crippen molar-refractivity contribution < 1.29 is 0 Å². The summed E-state index contributed by atoms with van der Waals surface area (Å²) in [6, 6.07) is 5.50. The number of piperazine rings is 1. The number of hydrazine groups is 1. The predicted octanol–water partition coefficient (Wildman–Crippen LogP) is 1.55. The first-order valence-corrected chi connectivity index (χ1v) is 6.64. The molecule has 0 radical (unpaired) electrons. The molecule has 1 aliphatic heterocycles. The SMILES string of the molecule is CN1CCN(Nc2cc(Cl)ccc2C(N)=S)CC1. The van der Waals surface area contributed by atoms with Crippen molar-refractivity contribution in [3.05, 3.63) is 28.8 Å². The summed E-state index contributed by atoms with van der Waals surface area (Å²) in [6.45, 7) is 3.99. The molecule has 1 aromatic rings. The van der Waals surface area contributed by atoms with Gasteiger partial charge in [0.25, 0.3) is 0 Å². The molecule has 0 aliphatic carbocycles. The lowest BCUT2D eigenvalue weighted by molar-refractivity contribution is 0.179. The molecule has 1 saturated heterocycles. The van der Waals surface area contributed by atoms with E-state index in [0.717, 1.165) is 37.4 Å². The molecule has 0 unspecified atom stereocenters. The summed E-state index contributed by atoms with van der Waals surface area (Å²) >= 11 is 11.1. The van der Waals surface area contributed by atoms with Crippen LogP contribution in [0, 0.1) is 0 Å². The number of nitrogens with one attached hydrogen (secondary N) is 1. The number of halogens is 1. The fourth-order valence-corrected chi connectivity index (χ4v) is 2.26. The average Bonchev–Trinajstić information content (AvgIpc) is 2.32. The Labute approximate surface area is 118 Å². The molecule has 3 N–H and O–H groups in total. The van der Waals surface area contributed by atoms with Gasteiger partial charge in [0.2, 0.25) is 0 Å². The van der Waals surface area contributed by atoms with E-state index in [2.05, 4.69) is 22.4 Å². The highest BCUT2D eigenvalue weighted by molar-refractivity contribution is 7.80. The Hall–Kier alpha value is -0.880. The molecular weight excluding hydrogens is 268 g/mol. The van der Waals surface area contributed by atoms with E-state index in [9.17, 15) is 0 Å². The van der Waals surface area contributed by atoms with Crippen LogP contribution in [-0.2, 0) is 0 Å². The molecule has 1 heterocycles. The maximum atomic E-state index is 6.01. The third kappa shape index (κ3) is 3.32. The molecule has 0 aromatic heterocycles. The molecule has 0 atom stereocenters. The van der Waals surface area contributed by atoms with Gasteiger partial charge in [-0.3, -0.25) is 0 Å². The first-order valence-electron chi connectivity index (χ1n) is 5.86. The molecule has 0 saturated carbocycles. The van der Waals surface area contributed by atoms with E-state index < -0.39 is 0 Å². The maximum absolute atomic E-state index is 6.01. The number of thiocarbonyl (C=S) groups is 1. The number of hydrogen-bond donors (Lipinski definition) is 2. The van der Waals surface area contributed by atoms with Crippen LogP contribution >= 0.6 is 23.8 Å². The zero-order chi connectivity index (χ0) is 13.1. The monoisotopic (exact) mass is 284 g/mol. The largest absolute Gasteiger partial charge is 0.389 e. The molecule has 0 spiro atoms. The Morgan fingerprint density at radius 1 is 1.33 bits per heavy atom. The van der Waals surface area contributed by atoms with E-state index >= 15 is 0 Å². The van der Waals surface area contributed by atoms with Crippen molar-refractivity contribution in [1.29, 1.82) is 0 Å². The molecule has 1 fully saturated rings. The van der Waals surface area contributed by atoms with Crippen molar-refractivity contribution >= 4 is 34.5 Å². The van der Waals surface area contributed by atoms with Crippen LogP contribution in [0.15, 0.2) is 18.2 Å². The van der Waals surface area contributed by atoms with E-state index in [0.29, 0.717) is 10.0 Å². The number of likely N-dealkylation sites (N-methyl/N-ethyl adjacent to an activating group) is 1. The number of nitrogens with two attached hydrogens (primary N) is 1. The van der Waals surface area contributed by atoms with E-state index in [1.54, 1.807) is 6.07 Å². The lowest BCUT2D eigenvalue weighted by Gasteiger charge is -2.33. The second kappa shape index (κ2) is 5.84. The zero-order valence-corrected chi connectivity index (χ0v) is 11.9. The summed E-state index contributed by atoms with van der Waals surface area (Å²) in [5, 5.41) is 2.83. The number of nitrogens with zero attached hydrogens (tertiary/aromatic N) is 2. The number of hydrogen-bond acceptors (Lipinski definition) is 4. The van der Waals surface area contributed by atoms with Crippen LogP contribution in [0.5, 0.6) is 0 Å². The summed E-state index contributed by atoms with van der Waals surface area (Å²) in [5.74, 6) is 0. The topological polar surface area (TPSA) is 44.5 Å². The first-order chi connectivity index (χ1) is 8.56. The molecule has 1 aliphatic rings. The highest BCUT2D eigenvalue weighted by Crippen LogP contribution is 2.22. The van der Waals surface area contributed by atoms with Crippen LogP contribution in [0.3, 0.4) is 0 Å². The van der Waals surface area contributed by atoms with Gasteiger partial charge in [-0.25, -0.2) is 5.01 Å². The van der Waals surface area contributed by atoms with Gasteiger partial charge >= 0.3 is 0 Å². The minimum atomic E-state index is 0.378. The third-order valence-corrected chi connectivity index (χ3v) is 3.48. The van der Waals surface area contributed by atoms with Gasteiger partial charge in [0.05, 0.1) is 5.69 Å². The van der Waals surface area contributed by atoms with Crippen molar-refractivity contribution in [3.8, 4) is 0 Å². The Bertz CT molecular complexity index is 444. The van der Waals surface area contributed by atoms with E-state index in [1.165, 1.54) is 0 Å². The first kappa shape index (κ1) is 13.5. The number of rotatable bonds is 3. The molecule has 1 aromatic carbocycles. The molecular formula is C12H17ClN4S. The average molecular weight is 285 g/mol. The standard InChI is InChI=1S/C12H17ClN4S/c1-16-4-6-17(7-5-16)15-11-8-9(13)2-3-10(11)12(14)18/h2-3,8,15H,4-7H2,1H3,(H2,14,18). The smallest absolute Gasteiger partial charge is 0.106 e. The fourth-order valence-electron chi connectivity index (χ4n) is 1.91. The van der Waals surface area contributed by atoms with Crippen molar-refractivity contribution in [2.45, 2.75) is 0 Å². The maximum Gasteiger partial charge on any atom is 0.106 e. The van der Waals surface area contributed by atoms with Crippen LogP contribution < -0.4 is 11.2 Å². The second-order valence-electron chi connectivity index (χ2n) is 4.46. The minimum Gasteiger partial charge on any atom is -0.389 e. The Morgan fingerprint density at radius 2 is 2.00 bits per heavy atom. The van der Waals surface area contributed by atoms with E-state index in [1.807, 2.05) is 12.1 Å². The summed E-state index contributed by atoms with van der Waals surface area (Å²) in [6.07, 6.45) is 0. The second-order valence-corrected chi connectivity index (χ2v) is 5.33. The lowest BCUT2D eigenvalue weighted by atomic mass is 10.2. The van der Waals surface area contributed by atoms with E-state index in [4.69, 9.17) is 29.6 Å². The van der Waals surface area contributed by atoms with Gasteiger partial charge in [-0.1, -0.05) is 23.8 Å². The Morgan fingerprint density at radius 3 is 2.61 bits per heavy atom. The van der Waals surface area contributed by atoms with Crippen LogP contribution in [-0.4, -0.2) is 48.1 Å². The van der Waals surface area contributed by atoms with Gasteiger partial charge in [0.15, 0.2) is 0 Å². The van der Waals surface area contributed by atoms with Crippen molar-refractivity contribution in [3.63, 3.8) is 0 Å². The molecule has 6 heteroatoms. The molecule has 4 nitrogen and oxygen atoms in total. The highest BCUT2D eigenvalue weighted by atomic mass is 35.5. The fraction of sp³-hybridized carbons (Fsp3) is 0.417. The summed E-state index contributed by atoms with van der Waals surface area (Å²) < 4.78 is 0. The Kier molecular flexibility index (Phi) is 4.40. The molecule has 18 heavy (non-hydrogen) atoms. The quantitative estimate of drug-likeness (QED) is 0.825. The van der Waals surface area contributed by atoms with Gasteiger partial charge in [0, 0.05) is 36.8 Å². The summed E-state index contributed by atoms with van der Waals surface area (Å²) in [4.78, 5) is 2.67. The normalized spacial score (nSPS) is 17.7. The zero-order valence-electron chi connectivity index (χ0n) is 10.3. The van der Waals surface area contributed by atoms with Crippen LogP contribution in [0.25, 0.3) is 0 Å². The van der Waals surface area contributed by atoms with Crippen molar-refractivity contribution in [1.82, 2.24) is 9.91 Å². The number of anilines is 1. The molecule has 0 bridgehead atoms. The molecule has 0 amide bonds. The van der Waals surface area contributed by atoms with Gasteiger partial charge in [-0.2, -0.15) is 0 Å². The summed E-state index contributed by atoms with van der Waals surface area (Å²) in [7, 11) is 2.12. The van der Waals surface area contributed by atoms with Gasteiger partial charge < -0.3 is 16.1 Å². The minimum absolute atomic E-state index is 0.378. The number of benzene rings is 1. The predicted molar refractivity (Wildman–Crippen MR) is 80.0 cm³/mol. The molecule has 98 valence electrons.